The molecular weight excluding hydrogens is 276 g/mol. The topological polar surface area (TPSA) is 101 Å². The van der Waals surface area contributed by atoms with E-state index in [4.69, 9.17) is 17.3 Å². The number of hydrogen-bond acceptors (Lipinski definition) is 4. The lowest BCUT2D eigenvalue weighted by Gasteiger charge is -2.09. The molecule has 0 unspecified atom stereocenters. The van der Waals surface area contributed by atoms with Crippen LogP contribution in [0.25, 0.3) is 0 Å². The van der Waals surface area contributed by atoms with Crippen LogP contribution in [-0.4, -0.2) is 18.6 Å². The SMILES string of the molecule is Cc1cc(S(=O)(=O)Nc2ccn[nH]2)cc(N)c1Cl. The average Bonchev–Trinajstić information content (AvgIpc) is 2.77. The first-order valence-corrected chi connectivity index (χ1v) is 6.84. The summed E-state index contributed by atoms with van der Waals surface area (Å²) in [5.41, 5.74) is 6.47. The monoisotopic (exact) mass is 286 g/mol. The number of nitrogen functional groups attached to an aromatic ring is 1. The van der Waals surface area contributed by atoms with Gasteiger partial charge in [0.2, 0.25) is 0 Å². The van der Waals surface area contributed by atoms with E-state index >= 15 is 0 Å². The molecule has 0 saturated carbocycles. The number of aryl methyl sites for hydroxylation is 1. The van der Waals surface area contributed by atoms with Gasteiger partial charge in [-0.1, -0.05) is 11.6 Å². The normalized spacial score (nSPS) is 11.4. The van der Waals surface area contributed by atoms with Crippen LogP contribution in [0, 0.1) is 6.92 Å². The summed E-state index contributed by atoms with van der Waals surface area (Å²) in [5.74, 6) is 0.279. The van der Waals surface area contributed by atoms with Gasteiger partial charge in [0, 0.05) is 6.07 Å². The fourth-order valence-electron chi connectivity index (χ4n) is 1.43. The number of aromatic amines is 1. The highest BCUT2D eigenvalue weighted by atomic mass is 35.5. The van der Waals surface area contributed by atoms with Crippen molar-refractivity contribution in [2.24, 2.45) is 0 Å². The molecule has 0 amide bonds. The number of anilines is 2. The quantitative estimate of drug-likeness (QED) is 0.748. The molecule has 0 aliphatic carbocycles. The van der Waals surface area contributed by atoms with E-state index in [-0.39, 0.29) is 16.4 Å². The number of benzene rings is 1. The van der Waals surface area contributed by atoms with Crippen molar-refractivity contribution in [1.29, 1.82) is 0 Å². The second-order valence-corrected chi connectivity index (χ2v) is 5.78. The maximum atomic E-state index is 12.1. The number of rotatable bonds is 3. The first-order chi connectivity index (χ1) is 8.40. The van der Waals surface area contributed by atoms with Gasteiger partial charge in [-0.3, -0.25) is 9.82 Å². The molecular formula is C10H11ClN4O2S. The van der Waals surface area contributed by atoms with Crippen molar-refractivity contribution in [1.82, 2.24) is 10.2 Å². The minimum atomic E-state index is -3.70. The van der Waals surface area contributed by atoms with Crippen LogP contribution in [0.5, 0.6) is 0 Å². The summed E-state index contributed by atoms with van der Waals surface area (Å²) in [5, 5.41) is 6.51. The lowest BCUT2D eigenvalue weighted by Crippen LogP contribution is -2.14. The van der Waals surface area contributed by atoms with Crippen molar-refractivity contribution in [3.63, 3.8) is 0 Å². The van der Waals surface area contributed by atoms with Gasteiger partial charge in [-0.15, -0.1) is 0 Å². The first-order valence-electron chi connectivity index (χ1n) is 4.98. The molecule has 1 aromatic heterocycles. The number of halogens is 1. The van der Waals surface area contributed by atoms with Crippen LogP contribution in [0.4, 0.5) is 11.5 Å². The van der Waals surface area contributed by atoms with Crippen LogP contribution in [0.15, 0.2) is 29.3 Å². The van der Waals surface area contributed by atoms with Gasteiger partial charge in [-0.25, -0.2) is 8.42 Å². The zero-order valence-electron chi connectivity index (χ0n) is 9.44. The van der Waals surface area contributed by atoms with Crippen molar-refractivity contribution < 1.29 is 8.42 Å². The van der Waals surface area contributed by atoms with E-state index in [2.05, 4.69) is 14.9 Å². The Balaban J connectivity index is 2.42. The van der Waals surface area contributed by atoms with Crippen LogP contribution < -0.4 is 10.5 Å². The van der Waals surface area contributed by atoms with Gasteiger partial charge in [-0.2, -0.15) is 5.10 Å². The summed E-state index contributed by atoms with van der Waals surface area (Å²) in [6, 6.07) is 4.27. The largest absolute Gasteiger partial charge is 0.397 e. The maximum absolute atomic E-state index is 12.1. The molecule has 1 aromatic carbocycles. The summed E-state index contributed by atoms with van der Waals surface area (Å²) in [6.45, 7) is 1.69. The standard InChI is InChI=1S/C10H11ClN4O2S/c1-6-4-7(5-8(12)10(6)11)18(16,17)15-9-2-3-13-14-9/h2-5H,12H2,1H3,(H2,13,14,15). The number of nitrogens with zero attached hydrogens (tertiary/aromatic N) is 1. The lowest BCUT2D eigenvalue weighted by molar-refractivity contribution is 0.601. The first kappa shape index (κ1) is 12.7. The highest BCUT2D eigenvalue weighted by Crippen LogP contribution is 2.27. The summed E-state index contributed by atoms with van der Waals surface area (Å²) in [7, 11) is -3.70. The molecule has 6 nitrogen and oxygen atoms in total. The van der Waals surface area contributed by atoms with Gasteiger partial charge in [0.15, 0.2) is 0 Å². The number of H-pyrrole nitrogens is 1. The van der Waals surface area contributed by atoms with Crippen LogP contribution in [0.1, 0.15) is 5.56 Å². The Morgan fingerprint density at radius 1 is 1.44 bits per heavy atom. The van der Waals surface area contributed by atoms with Gasteiger partial charge in [0.1, 0.15) is 5.82 Å². The Hall–Kier alpha value is -1.73. The minimum Gasteiger partial charge on any atom is -0.397 e. The molecule has 0 saturated heterocycles. The molecule has 0 aliphatic rings. The average molecular weight is 287 g/mol. The molecule has 0 spiro atoms. The van der Waals surface area contributed by atoms with Crippen LogP contribution in [-0.2, 0) is 10.0 Å². The third kappa shape index (κ3) is 2.41. The Labute approximate surface area is 109 Å². The highest BCUT2D eigenvalue weighted by Gasteiger charge is 2.17. The molecule has 8 heteroatoms. The Morgan fingerprint density at radius 2 is 2.17 bits per heavy atom. The van der Waals surface area contributed by atoms with E-state index in [1.807, 2.05) is 0 Å². The van der Waals surface area contributed by atoms with Gasteiger partial charge < -0.3 is 5.73 Å². The second-order valence-electron chi connectivity index (χ2n) is 3.72. The van der Waals surface area contributed by atoms with Gasteiger partial charge in [-0.05, 0) is 24.6 Å². The third-order valence-electron chi connectivity index (χ3n) is 2.31. The molecule has 0 fully saturated rings. The Bertz CT molecular complexity index is 644. The van der Waals surface area contributed by atoms with E-state index in [0.717, 1.165) is 0 Å². The summed E-state index contributed by atoms with van der Waals surface area (Å²) in [6.07, 6.45) is 1.44. The summed E-state index contributed by atoms with van der Waals surface area (Å²) < 4.78 is 26.5. The molecule has 0 radical (unpaired) electrons. The molecule has 96 valence electrons. The number of nitrogens with one attached hydrogen (secondary N) is 2. The number of hydrogen-bond donors (Lipinski definition) is 3. The summed E-state index contributed by atoms with van der Waals surface area (Å²) >= 11 is 5.89. The predicted molar refractivity (Wildman–Crippen MR) is 70.0 cm³/mol. The van der Waals surface area contributed by atoms with E-state index < -0.39 is 10.0 Å². The van der Waals surface area contributed by atoms with Crippen LogP contribution >= 0.6 is 11.6 Å². The highest BCUT2D eigenvalue weighted by molar-refractivity contribution is 7.92. The number of sulfonamides is 1. The smallest absolute Gasteiger partial charge is 0.263 e. The van der Waals surface area contributed by atoms with Crippen molar-refractivity contribution in [3.05, 3.63) is 35.0 Å². The van der Waals surface area contributed by atoms with Crippen LogP contribution in [0.2, 0.25) is 5.02 Å². The van der Waals surface area contributed by atoms with Crippen molar-refractivity contribution in [2.75, 3.05) is 10.5 Å². The zero-order chi connectivity index (χ0) is 13.3. The molecule has 18 heavy (non-hydrogen) atoms. The van der Waals surface area contributed by atoms with Gasteiger partial charge in [0.25, 0.3) is 10.0 Å². The van der Waals surface area contributed by atoms with Crippen molar-refractivity contribution in [3.8, 4) is 0 Å². The van der Waals surface area contributed by atoms with E-state index in [1.54, 1.807) is 6.92 Å². The molecule has 0 bridgehead atoms. The number of nitrogens with two attached hydrogens (primary N) is 1. The number of aromatic nitrogens is 2. The molecule has 2 aromatic rings. The molecule has 0 atom stereocenters. The van der Waals surface area contributed by atoms with Gasteiger partial charge in [0.05, 0.1) is 21.8 Å². The van der Waals surface area contributed by atoms with Crippen molar-refractivity contribution >= 4 is 33.1 Å². The zero-order valence-corrected chi connectivity index (χ0v) is 11.0. The predicted octanol–water partition coefficient (Wildman–Crippen LogP) is 1.75. The van der Waals surface area contributed by atoms with Crippen molar-refractivity contribution in [2.45, 2.75) is 11.8 Å². The fourth-order valence-corrected chi connectivity index (χ4v) is 2.68. The second kappa shape index (κ2) is 4.51. The molecule has 4 N–H and O–H groups in total. The Morgan fingerprint density at radius 3 is 2.72 bits per heavy atom. The van der Waals surface area contributed by atoms with Gasteiger partial charge >= 0.3 is 0 Å². The van der Waals surface area contributed by atoms with Crippen LogP contribution in [0.3, 0.4) is 0 Å². The maximum Gasteiger partial charge on any atom is 0.263 e. The molecule has 2 rings (SSSR count). The minimum absolute atomic E-state index is 0.0523. The fraction of sp³-hybridized carbons (Fsp3) is 0.100. The molecule has 1 heterocycles. The summed E-state index contributed by atoms with van der Waals surface area (Å²) in [4.78, 5) is 0.0523. The van der Waals surface area contributed by atoms with E-state index in [1.165, 1.54) is 24.4 Å². The Kier molecular flexibility index (Phi) is 3.18. The lowest BCUT2D eigenvalue weighted by atomic mass is 10.2. The van der Waals surface area contributed by atoms with E-state index in [0.29, 0.717) is 10.6 Å². The third-order valence-corrected chi connectivity index (χ3v) is 4.17. The van der Waals surface area contributed by atoms with E-state index in [9.17, 15) is 8.42 Å². The molecule has 0 aliphatic heterocycles.